The van der Waals surface area contributed by atoms with E-state index in [0.29, 0.717) is 18.7 Å². The van der Waals surface area contributed by atoms with Crippen LogP contribution >= 0.6 is 0 Å². The van der Waals surface area contributed by atoms with Crippen LogP contribution in [0.25, 0.3) is 0 Å². The predicted octanol–water partition coefficient (Wildman–Crippen LogP) is 1.91. The Morgan fingerprint density at radius 3 is 2.88 bits per heavy atom. The Hall–Kier alpha value is -2.85. The molecule has 124 valence electrons. The third-order valence-corrected chi connectivity index (χ3v) is 4.31. The predicted molar refractivity (Wildman–Crippen MR) is 87.3 cm³/mol. The average Bonchev–Trinajstić information content (AvgIpc) is 3.27. The molecule has 7 heteroatoms. The summed E-state index contributed by atoms with van der Waals surface area (Å²) in [6.45, 7) is 1.05. The Kier molecular flexibility index (Phi) is 4.77. The van der Waals surface area contributed by atoms with Crippen LogP contribution in [0.4, 0.5) is 4.79 Å². The molecule has 1 unspecified atom stereocenters. The molecular weight excluding hydrogens is 306 g/mol. The number of nitrogens with zero attached hydrogens (tertiary/aromatic N) is 3. The van der Waals surface area contributed by atoms with Crippen molar-refractivity contribution in [1.29, 1.82) is 5.26 Å². The summed E-state index contributed by atoms with van der Waals surface area (Å²) in [6.07, 6.45) is 4.08. The molecule has 2 atom stereocenters. The number of aromatic nitrogens is 2. The van der Waals surface area contributed by atoms with E-state index in [1.807, 2.05) is 12.1 Å². The van der Waals surface area contributed by atoms with E-state index in [2.05, 4.69) is 21.4 Å². The number of hydrogen-bond acceptors (Lipinski definition) is 4. The number of nitrogens with one attached hydrogen (secondary N) is 2. The third-order valence-electron chi connectivity index (χ3n) is 4.31. The standard InChI is InChI=1S/C17H19N5O2/c18-8-13-3-1-12(2-4-13)7-15(16-9-19-11-20-16)21-14-5-6-22(10-14)17(23)24/h1-4,9,11,14-15,21H,5-7,10H2,(H,19,20)(H,23,24)/t14?,15-/m1/s1. The highest BCUT2D eigenvalue weighted by Crippen LogP contribution is 2.20. The zero-order chi connectivity index (χ0) is 16.9. The lowest BCUT2D eigenvalue weighted by Gasteiger charge is -2.22. The molecule has 1 amide bonds. The molecule has 3 N–H and O–H groups in total. The van der Waals surface area contributed by atoms with Gasteiger partial charge in [0.2, 0.25) is 0 Å². The van der Waals surface area contributed by atoms with Crippen molar-refractivity contribution in [3.05, 3.63) is 53.6 Å². The monoisotopic (exact) mass is 325 g/mol. The second-order valence-electron chi connectivity index (χ2n) is 5.95. The minimum absolute atomic E-state index is 0.0131. The fraction of sp³-hybridized carbons (Fsp3) is 0.353. The maximum Gasteiger partial charge on any atom is 0.407 e. The van der Waals surface area contributed by atoms with Gasteiger partial charge in [0.15, 0.2) is 0 Å². The van der Waals surface area contributed by atoms with Gasteiger partial charge >= 0.3 is 6.09 Å². The summed E-state index contributed by atoms with van der Waals surface area (Å²) in [5, 5.41) is 21.5. The van der Waals surface area contributed by atoms with Gasteiger partial charge in [-0.3, -0.25) is 0 Å². The van der Waals surface area contributed by atoms with E-state index in [9.17, 15) is 4.79 Å². The maximum atomic E-state index is 11.1. The first-order chi connectivity index (χ1) is 11.7. The van der Waals surface area contributed by atoms with Gasteiger partial charge in [0.25, 0.3) is 0 Å². The van der Waals surface area contributed by atoms with Crippen LogP contribution in [-0.2, 0) is 6.42 Å². The number of carboxylic acid groups (broad SMARTS) is 1. The van der Waals surface area contributed by atoms with Crippen molar-refractivity contribution in [3.63, 3.8) is 0 Å². The molecule has 0 aliphatic carbocycles. The van der Waals surface area contributed by atoms with Gasteiger partial charge in [-0.05, 0) is 30.5 Å². The minimum Gasteiger partial charge on any atom is -0.465 e. The summed E-state index contributed by atoms with van der Waals surface area (Å²) < 4.78 is 0. The van der Waals surface area contributed by atoms with Crippen LogP contribution in [0.15, 0.2) is 36.8 Å². The number of aromatic amines is 1. The van der Waals surface area contributed by atoms with Crippen LogP contribution in [0.3, 0.4) is 0 Å². The largest absolute Gasteiger partial charge is 0.465 e. The molecule has 2 aromatic rings. The first kappa shape index (κ1) is 16.0. The van der Waals surface area contributed by atoms with E-state index < -0.39 is 6.09 Å². The van der Waals surface area contributed by atoms with Crippen LogP contribution in [0.2, 0.25) is 0 Å². The van der Waals surface area contributed by atoms with Crippen LogP contribution in [-0.4, -0.2) is 45.2 Å². The lowest BCUT2D eigenvalue weighted by atomic mass is 10.0. The molecule has 0 spiro atoms. The number of carbonyl (C=O) groups is 1. The molecule has 1 aliphatic rings. The number of nitriles is 1. The van der Waals surface area contributed by atoms with E-state index in [1.54, 1.807) is 24.7 Å². The Balaban J connectivity index is 1.70. The Morgan fingerprint density at radius 1 is 1.50 bits per heavy atom. The van der Waals surface area contributed by atoms with Crippen molar-refractivity contribution in [2.45, 2.75) is 24.9 Å². The Labute approximate surface area is 139 Å². The van der Waals surface area contributed by atoms with E-state index in [4.69, 9.17) is 10.4 Å². The lowest BCUT2D eigenvalue weighted by molar-refractivity contribution is 0.154. The van der Waals surface area contributed by atoms with Crippen molar-refractivity contribution in [2.24, 2.45) is 0 Å². The molecule has 3 rings (SSSR count). The van der Waals surface area contributed by atoms with Gasteiger partial charge < -0.3 is 20.3 Å². The lowest BCUT2D eigenvalue weighted by Crippen LogP contribution is -2.37. The molecule has 1 fully saturated rings. The molecule has 0 bridgehead atoms. The normalized spacial score (nSPS) is 18.3. The quantitative estimate of drug-likeness (QED) is 0.779. The smallest absolute Gasteiger partial charge is 0.407 e. The van der Waals surface area contributed by atoms with Crippen LogP contribution < -0.4 is 5.32 Å². The highest BCUT2D eigenvalue weighted by Gasteiger charge is 2.28. The van der Waals surface area contributed by atoms with Gasteiger partial charge in [-0.1, -0.05) is 12.1 Å². The molecule has 1 saturated heterocycles. The van der Waals surface area contributed by atoms with Gasteiger partial charge in [0.05, 0.1) is 29.7 Å². The number of benzene rings is 1. The summed E-state index contributed by atoms with van der Waals surface area (Å²) in [6, 6.07) is 9.75. The molecule has 0 saturated carbocycles. The van der Waals surface area contributed by atoms with E-state index in [1.165, 1.54) is 4.90 Å². The maximum absolute atomic E-state index is 11.1. The SMILES string of the molecule is N#Cc1ccc(C[C@@H](NC2CCN(C(=O)O)C2)c2cnc[nH]2)cc1. The number of H-pyrrole nitrogens is 1. The topological polar surface area (TPSA) is 105 Å². The zero-order valence-corrected chi connectivity index (χ0v) is 13.1. The summed E-state index contributed by atoms with van der Waals surface area (Å²) in [7, 11) is 0. The molecule has 1 aromatic heterocycles. The first-order valence-corrected chi connectivity index (χ1v) is 7.87. The van der Waals surface area contributed by atoms with Gasteiger partial charge in [-0.25, -0.2) is 9.78 Å². The average molecular weight is 325 g/mol. The molecule has 7 nitrogen and oxygen atoms in total. The summed E-state index contributed by atoms with van der Waals surface area (Å²) in [5.41, 5.74) is 2.71. The summed E-state index contributed by atoms with van der Waals surface area (Å²) in [5.74, 6) is 0. The highest BCUT2D eigenvalue weighted by atomic mass is 16.4. The Bertz CT molecular complexity index is 720. The van der Waals surface area contributed by atoms with Gasteiger partial charge in [0, 0.05) is 25.3 Å². The molecular formula is C17H19N5O2. The minimum atomic E-state index is -0.871. The molecule has 2 heterocycles. The fourth-order valence-corrected chi connectivity index (χ4v) is 3.02. The van der Waals surface area contributed by atoms with Crippen LogP contribution in [0, 0.1) is 11.3 Å². The number of likely N-dealkylation sites (tertiary alicyclic amines) is 1. The van der Waals surface area contributed by atoms with Crippen LogP contribution in [0.1, 0.15) is 29.3 Å². The van der Waals surface area contributed by atoms with Crippen molar-refractivity contribution >= 4 is 6.09 Å². The number of rotatable bonds is 5. The van der Waals surface area contributed by atoms with E-state index >= 15 is 0 Å². The van der Waals surface area contributed by atoms with E-state index in [-0.39, 0.29) is 12.1 Å². The third kappa shape index (κ3) is 3.73. The van der Waals surface area contributed by atoms with Crippen LogP contribution in [0.5, 0.6) is 0 Å². The number of hydrogen-bond donors (Lipinski definition) is 3. The zero-order valence-electron chi connectivity index (χ0n) is 13.1. The summed E-state index contributed by atoms with van der Waals surface area (Å²) in [4.78, 5) is 19.7. The van der Waals surface area contributed by atoms with Gasteiger partial charge in [0.1, 0.15) is 0 Å². The second kappa shape index (κ2) is 7.15. The molecule has 1 aromatic carbocycles. The van der Waals surface area contributed by atoms with E-state index in [0.717, 1.165) is 24.1 Å². The Morgan fingerprint density at radius 2 is 2.29 bits per heavy atom. The summed E-state index contributed by atoms with van der Waals surface area (Å²) >= 11 is 0. The first-order valence-electron chi connectivity index (χ1n) is 7.87. The van der Waals surface area contributed by atoms with Crippen molar-refractivity contribution in [1.82, 2.24) is 20.2 Å². The molecule has 0 radical (unpaired) electrons. The van der Waals surface area contributed by atoms with Crippen molar-refractivity contribution < 1.29 is 9.90 Å². The van der Waals surface area contributed by atoms with Crippen molar-refractivity contribution in [2.75, 3.05) is 13.1 Å². The van der Waals surface area contributed by atoms with Gasteiger partial charge in [-0.2, -0.15) is 5.26 Å². The van der Waals surface area contributed by atoms with Gasteiger partial charge in [-0.15, -0.1) is 0 Å². The second-order valence-corrected chi connectivity index (χ2v) is 5.95. The highest BCUT2D eigenvalue weighted by molar-refractivity contribution is 5.65. The van der Waals surface area contributed by atoms with Crippen molar-refractivity contribution in [3.8, 4) is 6.07 Å². The molecule has 24 heavy (non-hydrogen) atoms. The molecule has 1 aliphatic heterocycles. The number of imidazole rings is 1. The number of amides is 1. The fourth-order valence-electron chi connectivity index (χ4n) is 3.02.